The summed E-state index contributed by atoms with van der Waals surface area (Å²) in [6, 6.07) is 5.25. The first-order valence-corrected chi connectivity index (χ1v) is 4.56. The molecule has 13 heavy (non-hydrogen) atoms. The van der Waals surface area contributed by atoms with E-state index in [1.165, 1.54) is 11.9 Å². The van der Waals surface area contributed by atoms with Crippen molar-refractivity contribution in [1.29, 1.82) is 0 Å². The molecular weight excluding hydrogens is 186 g/mol. The van der Waals surface area contributed by atoms with Crippen molar-refractivity contribution in [3.05, 3.63) is 35.5 Å². The van der Waals surface area contributed by atoms with E-state index in [0.717, 1.165) is 10.5 Å². The van der Waals surface area contributed by atoms with Crippen LogP contribution in [0, 0.1) is 0 Å². The maximum atomic E-state index is 10.8. The van der Waals surface area contributed by atoms with Crippen LogP contribution in [-0.4, -0.2) is 11.1 Å². The lowest BCUT2D eigenvalue weighted by Gasteiger charge is -2.12. The van der Waals surface area contributed by atoms with Gasteiger partial charge in [0.1, 0.15) is 0 Å². The molecule has 0 bridgehead atoms. The third kappa shape index (κ3) is 1.40. The number of fused-ring (bicyclic) bond motifs is 1. The molecule has 2 N–H and O–H groups in total. The van der Waals surface area contributed by atoms with Gasteiger partial charge in [-0.05, 0) is 30.2 Å². The fraction of sp³-hybridized carbons (Fsp3) is 0. The highest BCUT2D eigenvalue weighted by atomic mass is 32.2. The zero-order valence-electron chi connectivity index (χ0n) is 6.65. The highest BCUT2D eigenvalue weighted by molar-refractivity contribution is 7.97. The molecule has 0 aliphatic carbocycles. The molecule has 3 nitrogen and oxygen atoms in total. The number of hydrogen-bond donors (Lipinski definition) is 2. The van der Waals surface area contributed by atoms with E-state index in [9.17, 15) is 4.79 Å². The Kier molecular flexibility index (Phi) is 1.98. The van der Waals surface area contributed by atoms with Crippen LogP contribution in [0.5, 0.6) is 0 Å². The number of carboxylic acids is 1. The zero-order chi connectivity index (χ0) is 9.26. The van der Waals surface area contributed by atoms with Crippen molar-refractivity contribution in [2.24, 2.45) is 0 Å². The van der Waals surface area contributed by atoms with E-state index in [1.54, 1.807) is 24.4 Å². The minimum absolute atomic E-state index is 0.350. The van der Waals surface area contributed by atoms with Crippen LogP contribution in [0.25, 0.3) is 6.08 Å². The van der Waals surface area contributed by atoms with Crippen molar-refractivity contribution in [2.45, 2.75) is 4.90 Å². The molecule has 0 aromatic heterocycles. The van der Waals surface area contributed by atoms with Crippen molar-refractivity contribution >= 4 is 24.0 Å². The molecular formula is C9H7NO2S. The van der Waals surface area contributed by atoms with Gasteiger partial charge in [-0.1, -0.05) is 6.07 Å². The highest BCUT2D eigenvalue weighted by Crippen LogP contribution is 2.27. The van der Waals surface area contributed by atoms with E-state index in [1.807, 2.05) is 6.07 Å². The second-order valence-electron chi connectivity index (χ2n) is 2.58. The van der Waals surface area contributed by atoms with Crippen molar-refractivity contribution in [1.82, 2.24) is 4.72 Å². The summed E-state index contributed by atoms with van der Waals surface area (Å²) in [5, 5.41) is 8.88. The first-order chi connectivity index (χ1) is 6.29. The topological polar surface area (TPSA) is 49.3 Å². The van der Waals surface area contributed by atoms with E-state index in [4.69, 9.17) is 5.11 Å². The number of carbonyl (C=O) groups is 1. The Labute approximate surface area is 79.6 Å². The van der Waals surface area contributed by atoms with Gasteiger partial charge in [-0.25, -0.2) is 4.79 Å². The number of hydrogen-bond acceptors (Lipinski definition) is 3. The van der Waals surface area contributed by atoms with Crippen LogP contribution in [0.2, 0.25) is 0 Å². The lowest BCUT2D eigenvalue weighted by Crippen LogP contribution is -2.05. The number of rotatable bonds is 1. The van der Waals surface area contributed by atoms with Crippen molar-refractivity contribution < 1.29 is 9.90 Å². The average Bonchev–Trinajstić information content (AvgIpc) is 2.17. The van der Waals surface area contributed by atoms with E-state index in [-0.39, 0.29) is 0 Å². The normalized spacial score (nSPS) is 13.2. The summed E-state index contributed by atoms with van der Waals surface area (Å²) in [7, 11) is 0. The molecule has 0 saturated carbocycles. The Hall–Kier alpha value is -1.42. The van der Waals surface area contributed by atoms with Crippen LogP contribution in [0.1, 0.15) is 15.9 Å². The van der Waals surface area contributed by atoms with E-state index in [2.05, 4.69) is 4.72 Å². The molecule has 2 rings (SSSR count). The summed E-state index contributed by atoms with van der Waals surface area (Å²) < 4.78 is 2.95. The third-order valence-corrected chi connectivity index (χ3v) is 2.61. The second kappa shape index (κ2) is 3.14. The van der Waals surface area contributed by atoms with E-state index >= 15 is 0 Å². The Balaban J connectivity index is 2.60. The van der Waals surface area contributed by atoms with Crippen LogP contribution in [0.3, 0.4) is 0 Å². The van der Waals surface area contributed by atoms with Gasteiger partial charge in [0.25, 0.3) is 0 Å². The van der Waals surface area contributed by atoms with Gasteiger partial charge in [0.15, 0.2) is 0 Å². The van der Waals surface area contributed by atoms with Crippen LogP contribution >= 0.6 is 11.9 Å². The molecule has 66 valence electrons. The van der Waals surface area contributed by atoms with Crippen molar-refractivity contribution in [3.8, 4) is 0 Å². The van der Waals surface area contributed by atoms with Crippen LogP contribution in [-0.2, 0) is 0 Å². The summed E-state index contributed by atoms with van der Waals surface area (Å²) in [6.07, 6.45) is 3.51. The monoisotopic (exact) mass is 193 g/mol. The molecule has 1 aliphatic rings. The fourth-order valence-electron chi connectivity index (χ4n) is 1.21. The molecule has 1 aromatic rings. The average molecular weight is 193 g/mol. The predicted octanol–water partition coefficient (Wildman–Crippen LogP) is 1.97. The minimum atomic E-state index is -0.885. The second-order valence-corrected chi connectivity index (χ2v) is 3.46. The molecule has 0 spiro atoms. The van der Waals surface area contributed by atoms with Crippen LogP contribution in [0.15, 0.2) is 29.3 Å². The van der Waals surface area contributed by atoms with Gasteiger partial charge in [0.05, 0.1) is 5.56 Å². The predicted molar refractivity (Wildman–Crippen MR) is 51.4 cm³/mol. The first-order valence-electron chi connectivity index (χ1n) is 3.74. The third-order valence-electron chi connectivity index (χ3n) is 1.78. The summed E-state index contributed by atoms with van der Waals surface area (Å²) in [5.41, 5.74) is 1.13. The summed E-state index contributed by atoms with van der Waals surface area (Å²) in [5.74, 6) is -0.885. The maximum absolute atomic E-state index is 10.8. The van der Waals surface area contributed by atoms with Gasteiger partial charge >= 0.3 is 5.97 Å². The van der Waals surface area contributed by atoms with E-state index < -0.39 is 5.97 Å². The van der Waals surface area contributed by atoms with Crippen LogP contribution < -0.4 is 4.72 Å². The molecule has 0 saturated heterocycles. The molecule has 1 heterocycles. The summed E-state index contributed by atoms with van der Waals surface area (Å²) in [4.78, 5) is 11.8. The largest absolute Gasteiger partial charge is 0.478 e. The van der Waals surface area contributed by atoms with Gasteiger partial charge in [-0.3, -0.25) is 0 Å². The zero-order valence-corrected chi connectivity index (χ0v) is 7.47. The summed E-state index contributed by atoms with van der Waals surface area (Å²) >= 11 is 1.42. The molecule has 4 heteroatoms. The standard InChI is InChI=1S/C9H7NO2S/c11-9(12)7-2-1-3-8-6(7)4-5-10-13-8/h1-5,10H,(H,11,12). The number of carboxylic acid groups (broad SMARTS) is 1. The number of aromatic carboxylic acids is 1. The Morgan fingerprint density at radius 3 is 3.08 bits per heavy atom. The highest BCUT2D eigenvalue weighted by Gasteiger charge is 2.13. The van der Waals surface area contributed by atoms with Gasteiger partial charge in [0, 0.05) is 16.7 Å². The van der Waals surface area contributed by atoms with E-state index in [0.29, 0.717) is 5.56 Å². The maximum Gasteiger partial charge on any atom is 0.336 e. The van der Waals surface area contributed by atoms with Gasteiger partial charge in [-0.2, -0.15) is 0 Å². The van der Waals surface area contributed by atoms with Gasteiger partial charge in [0.2, 0.25) is 0 Å². The lowest BCUT2D eigenvalue weighted by molar-refractivity contribution is 0.0696. The number of nitrogens with one attached hydrogen (secondary N) is 1. The van der Waals surface area contributed by atoms with Crippen LogP contribution in [0.4, 0.5) is 0 Å². The Morgan fingerprint density at radius 2 is 2.31 bits per heavy atom. The first kappa shape index (κ1) is 8.19. The smallest absolute Gasteiger partial charge is 0.336 e. The molecule has 1 aromatic carbocycles. The lowest BCUT2D eigenvalue weighted by atomic mass is 10.1. The Morgan fingerprint density at radius 1 is 1.46 bits per heavy atom. The molecule has 0 fully saturated rings. The molecule has 1 aliphatic heterocycles. The van der Waals surface area contributed by atoms with Gasteiger partial charge < -0.3 is 9.83 Å². The van der Waals surface area contributed by atoms with Crippen molar-refractivity contribution in [2.75, 3.05) is 0 Å². The Bertz CT molecular complexity index is 387. The van der Waals surface area contributed by atoms with Gasteiger partial charge in [-0.15, -0.1) is 0 Å². The fourth-order valence-corrected chi connectivity index (χ4v) is 1.90. The number of benzene rings is 1. The minimum Gasteiger partial charge on any atom is -0.478 e. The molecule has 0 radical (unpaired) electrons. The molecule has 0 unspecified atom stereocenters. The molecule has 0 atom stereocenters. The molecule has 0 amide bonds. The summed E-state index contributed by atoms with van der Waals surface area (Å²) in [6.45, 7) is 0. The quantitative estimate of drug-likeness (QED) is 0.669. The van der Waals surface area contributed by atoms with Crippen molar-refractivity contribution in [3.63, 3.8) is 0 Å². The SMILES string of the molecule is O=C(O)c1cccc2c1C=CNS2.